The van der Waals surface area contributed by atoms with E-state index in [1.165, 1.54) is 6.07 Å². The smallest absolute Gasteiger partial charge is 0.236 e. The Balaban J connectivity index is 1.29. The Morgan fingerprint density at radius 1 is 1.05 bits per heavy atom. The predicted molar refractivity (Wildman–Crippen MR) is 152 cm³/mol. The SMILES string of the molecule is CC(C)N1CCOc2c(F)cc(-c3nc(Nc4ccc(N5CCN(C(=O)CN(C)C)CC5)cc4)ncc3F)cc21. The number of aromatic nitrogens is 2. The number of carbonyl (C=O) groups is 1. The molecule has 1 amide bonds. The molecule has 2 aliphatic heterocycles. The molecule has 3 aromatic rings. The standard InChI is InChI=1S/C29H35F2N7O2/c1-19(2)38-13-14-40-28-23(30)15-20(16-25(28)38)27-24(31)17-32-29(34-27)33-21-5-7-22(8-6-21)36-9-11-37(12-10-36)26(39)18-35(3)4/h5-8,15-17,19H,9-14,18H2,1-4H3,(H,32,33,34). The number of fused-ring (bicyclic) bond motifs is 1. The molecule has 3 heterocycles. The Labute approximate surface area is 233 Å². The Morgan fingerprint density at radius 2 is 1.77 bits per heavy atom. The Kier molecular flexibility index (Phi) is 8.02. The molecule has 5 rings (SSSR count). The average molecular weight is 552 g/mol. The number of benzene rings is 2. The first-order valence-electron chi connectivity index (χ1n) is 13.5. The highest BCUT2D eigenvalue weighted by Crippen LogP contribution is 2.39. The van der Waals surface area contributed by atoms with Crippen molar-refractivity contribution in [3.05, 3.63) is 54.2 Å². The third kappa shape index (κ3) is 5.94. The van der Waals surface area contributed by atoms with Gasteiger partial charge in [0.05, 0.1) is 25.0 Å². The van der Waals surface area contributed by atoms with E-state index in [4.69, 9.17) is 4.74 Å². The average Bonchev–Trinajstić information content (AvgIpc) is 2.94. The Morgan fingerprint density at radius 3 is 2.45 bits per heavy atom. The van der Waals surface area contributed by atoms with Gasteiger partial charge in [0.2, 0.25) is 11.9 Å². The number of carbonyl (C=O) groups excluding carboxylic acids is 1. The molecule has 0 aliphatic carbocycles. The summed E-state index contributed by atoms with van der Waals surface area (Å²) in [5.41, 5.74) is 2.69. The van der Waals surface area contributed by atoms with E-state index in [0.717, 1.165) is 30.7 Å². The lowest BCUT2D eigenvalue weighted by Crippen LogP contribution is -2.50. The van der Waals surface area contributed by atoms with E-state index in [0.29, 0.717) is 44.0 Å². The van der Waals surface area contributed by atoms with Crippen LogP contribution in [0.2, 0.25) is 0 Å². The lowest BCUT2D eigenvalue weighted by atomic mass is 10.1. The monoisotopic (exact) mass is 551 g/mol. The zero-order valence-electron chi connectivity index (χ0n) is 23.3. The van der Waals surface area contributed by atoms with E-state index in [1.807, 2.05) is 66.9 Å². The quantitative estimate of drug-likeness (QED) is 0.473. The molecule has 0 saturated carbocycles. The summed E-state index contributed by atoms with van der Waals surface area (Å²) in [6.07, 6.45) is 1.09. The van der Waals surface area contributed by atoms with E-state index < -0.39 is 11.6 Å². The van der Waals surface area contributed by atoms with Crippen molar-refractivity contribution in [1.29, 1.82) is 0 Å². The molecular formula is C29H35F2N7O2. The van der Waals surface area contributed by atoms with Gasteiger partial charge in [0, 0.05) is 49.2 Å². The van der Waals surface area contributed by atoms with Crippen molar-refractivity contribution in [3.63, 3.8) is 0 Å². The molecular weight excluding hydrogens is 516 g/mol. The topological polar surface area (TPSA) is 77.1 Å². The highest BCUT2D eigenvalue weighted by molar-refractivity contribution is 5.78. The molecule has 1 fully saturated rings. The molecule has 212 valence electrons. The molecule has 9 nitrogen and oxygen atoms in total. The summed E-state index contributed by atoms with van der Waals surface area (Å²) in [5, 5.41) is 3.12. The summed E-state index contributed by atoms with van der Waals surface area (Å²) in [6.45, 7) is 8.35. The van der Waals surface area contributed by atoms with Crippen LogP contribution in [-0.4, -0.2) is 91.7 Å². The summed E-state index contributed by atoms with van der Waals surface area (Å²) in [7, 11) is 3.79. The van der Waals surface area contributed by atoms with Crippen molar-refractivity contribution >= 4 is 28.9 Å². The van der Waals surface area contributed by atoms with E-state index in [2.05, 4.69) is 20.2 Å². The maximum Gasteiger partial charge on any atom is 0.236 e. The lowest BCUT2D eigenvalue weighted by Gasteiger charge is -2.36. The fourth-order valence-electron chi connectivity index (χ4n) is 5.07. The largest absolute Gasteiger partial charge is 0.486 e. The minimum atomic E-state index is -0.642. The van der Waals surface area contributed by atoms with Gasteiger partial charge in [-0.25, -0.2) is 18.7 Å². The van der Waals surface area contributed by atoms with Gasteiger partial charge in [-0.05, 0) is 64.3 Å². The Bertz CT molecular complexity index is 1360. The second-order valence-corrected chi connectivity index (χ2v) is 10.6. The van der Waals surface area contributed by atoms with Crippen molar-refractivity contribution in [2.24, 2.45) is 0 Å². The van der Waals surface area contributed by atoms with Crippen molar-refractivity contribution in [2.45, 2.75) is 19.9 Å². The van der Waals surface area contributed by atoms with Crippen LogP contribution in [0.4, 0.5) is 31.8 Å². The number of nitrogens with zero attached hydrogens (tertiary/aromatic N) is 6. The van der Waals surface area contributed by atoms with Crippen LogP contribution in [0.5, 0.6) is 5.75 Å². The van der Waals surface area contributed by atoms with Crippen LogP contribution in [-0.2, 0) is 4.79 Å². The number of anilines is 4. The van der Waals surface area contributed by atoms with Crippen molar-refractivity contribution in [3.8, 4) is 17.0 Å². The molecule has 2 aliphatic rings. The number of hydrogen-bond acceptors (Lipinski definition) is 8. The van der Waals surface area contributed by atoms with Crippen molar-refractivity contribution < 1.29 is 18.3 Å². The fraction of sp³-hybridized carbons (Fsp3) is 0.414. The zero-order chi connectivity index (χ0) is 28.4. The highest BCUT2D eigenvalue weighted by atomic mass is 19.1. The van der Waals surface area contributed by atoms with Gasteiger partial charge in [0.25, 0.3) is 0 Å². The number of likely N-dealkylation sites (N-methyl/N-ethyl adjacent to an activating group) is 1. The summed E-state index contributed by atoms with van der Waals surface area (Å²) in [4.78, 5) is 28.9. The Hall–Kier alpha value is -3.99. The molecule has 1 N–H and O–H groups in total. The minimum absolute atomic E-state index is 0.00628. The van der Waals surface area contributed by atoms with Crippen LogP contribution in [0.1, 0.15) is 13.8 Å². The molecule has 0 spiro atoms. The second kappa shape index (κ2) is 11.6. The highest BCUT2D eigenvalue weighted by Gasteiger charge is 2.26. The van der Waals surface area contributed by atoms with E-state index in [-0.39, 0.29) is 29.3 Å². The van der Waals surface area contributed by atoms with Gasteiger partial charge in [0.1, 0.15) is 12.3 Å². The van der Waals surface area contributed by atoms with Crippen molar-refractivity contribution in [2.75, 3.05) is 75.1 Å². The number of halogens is 2. The van der Waals surface area contributed by atoms with Gasteiger partial charge in [-0.1, -0.05) is 0 Å². The molecule has 40 heavy (non-hydrogen) atoms. The van der Waals surface area contributed by atoms with E-state index >= 15 is 0 Å². The molecule has 2 aromatic carbocycles. The first-order valence-corrected chi connectivity index (χ1v) is 13.5. The summed E-state index contributed by atoms with van der Waals surface area (Å²) < 4.78 is 35.4. The molecule has 0 unspecified atom stereocenters. The van der Waals surface area contributed by atoms with Crippen molar-refractivity contribution in [1.82, 2.24) is 19.8 Å². The first kappa shape index (κ1) is 27.6. The van der Waals surface area contributed by atoms with Crippen LogP contribution >= 0.6 is 0 Å². The van der Waals surface area contributed by atoms with Crippen LogP contribution in [0.25, 0.3) is 11.3 Å². The number of amides is 1. The second-order valence-electron chi connectivity index (χ2n) is 10.6. The van der Waals surface area contributed by atoms with Gasteiger partial charge < -0.3 is 29.7 Å². The van der Waals surface area contributed by atoms with Gasteiger partial charge in [-0.3, -0.25) is 4.79 Å². The van der Waals surface area contributed by atoms with Crippen LogP contribution in [0.3, 0.4) is 0 Å². The van der Waals surface area contributed by atoms with E-state index in [9.17, 15) is 13.6 Å². The number of ether oxygens (including phenoxy) is 1. The fourth-order valence-corrected chi connectivity index (χ4v) is 5.07. The zero-order valence-corrected chi connectivity index (χ0v) is 23.3. The number of hydrogen-bond donors (Lipinski definition) is 1. The van der Waals surface area contributed by atoms with Gasteiger partial charge in [-0.2, -0.15) is 0 Å². The summed E-state index contributed by atoms with van der Waals surface area (Å²) in [6, 6.07) is 10.9. The maximum absolute atomic E-state index is 15.0. The van der Waals surface area contributed by atoms with Gasteiger partial charge in [0.15, 0.2) is 17.4 Å². The van der Waals surface area contributed by atoms with E-state index in [1.54, 1.807) is 6.07 Å². The molecule has 0 bridgehead atoms. The minimum Gasteiger partial charge on any atom is -0.486 e. The van der Waals surface area contributed by atoms with Gasteiger partial charge in [-0.15, -0.1) is 0 Å². The third-order valence-corrected chi connectivity index (χ3v) is 7.13. The van der Waals surface area contributed by atoms with Crippen LogP contribution < -0.4 is 19.9 Å². The predicted octanol–water partition coefficient (Wildman–Crippen LogP) is 3.98. The molecule has 0 atom stereocenters. The number of piperazine rings is 1. The lowest BCUT2D eigenvalue weighted by molar-refractivity contribution is -0.132. The molecule has 0 radical (unpaired) electrons. The number of nitrogens with one attached hydrogen (secondary N) is 1. The molecule has 1 aromatic heterocycles. The molecule has 11 heteroatoms. The first-order chi connectivity index (χ1) is 19.2. The summed E-state index contributed by atoms with van der Waals surface area (Å²) >= 11 is 0. The van der Waals surface area contributed by atoms with Crippen LogP contribution in [0, 0.1) is 11.6 Å². The normalized spacial score (nSPS) is 15.3. The maximum atomic E-state index is 15.0. The number of rotatable bonds is 7. The van der Waals surface area contributed by atoms with Crippen LogP contribution in [0.15, 0.2) is 42.6 Å². The van der Waals surface area contributed by atoms with Gasteiger partial charge >= 0.3 is 0 Å². The summed E-state index contributed by atoms with van der Waals surface area (Å²) in [5.74, 6) is -0.669. The third-order valence-electron chi connectivity index (χ3n) is 7.13. The molecule has 1 saturated heterocycles.